The summed E-state index contributed by atoms with van der Waals surface area (Å²) in [6.45, 7) is 4.57. The highest BCUT2D eigenvalue weighted by molar-refractivity contribution is 5.78. The zero-order valence-electron chi connectivity index (χ0n) is 10.6. The number of aromatic nitrogens is 4. The predicted molar refractivity (Wildman–Crippen MR) is 67.1 cm³/mol. The molecule has 0 aromatic carbocycles. The highest BCUT2D eigenvalue weighted by Gasteiger charge is 2.07. The number of nitrogens with zero attached hydrogens (tertiary/aromatic N) is 2. The van der Waals surface area contributed by atoms with Crippen molar-refractivity contribution in [3.8, 4) is 0 Å². The minimum Gasteiger partial charge on any atom is -0.355 e. The molecule has 1 amide bonds. The van der Waals surface area contributed by atoms with E-state index in [2.05, 4.69) is 25.7 Å². The van der Waals surface area contributed by atoms with Gasteiger partial charge in [0.1, 0.15) is 0 Å². The van der Waals surface area contributed by atoms with E-state index in [4.69, 9.17) is 0 Å². The lowest BCUT2D eigenvalue weighted by atomic mass is 10.1. The van der Waals surface area contributed by atoms with E-state index in [0.717, 1.165) is 23.5 Å². The molecule has 0 aliphatic heterocycles. The van der Waals surface area contributed by atoms with E-state index in [1.807, 2.05) is 13.8 Å². The number of hydrogen-bond donors (Lipinski definition) is 3. The standard InChI is InChI=1S/C12H17N5O/c1-8-11(9(2)16-15-8)4-5-13-12(18)7-10-3-6-14-17-10/h3,6H,4-5,7H2,1-2H3,(H,13,18)(H,14,17)(H,15,16). The Balaban J connectivity index is 1.77. The summed E-state index contributed by atoms with van der Waals surface area (Å²) < 4.78 is 0. The zero-order chi connectivity index (χ0) is 13.0. The number of hydrogen-bond acceptors (Lipinski definition) is 3. The van der Waals surface area contributed by atoms with Crippen LogP contribution in [0.5, 0.6) is 0 Å². The third-order valence-corrected chi connectivity index (χ3v) is 2.89. The van der Waals surface area contributed by atoms with Crippen molar-refractivity contribution < 1.29 is 4.79 Å². The fourth-order valence-corrected chi connectivity index (χ4v) is 1.89. The Labute approximate surface area is 105 Å². The Morgan fingerprint density at radius 1 is 1.39 bits per heavy atom. The smallest absolute Gasteiger partial charge is 0.226 e. The first-order valence-electron chi connectivity index (χ1n) is 5.92. The Morgan fingerprint density at radius 3 is 2.83 bits per heavy atom. The molecule has 6 nitrogen and oxygen atoms in total. The van der Waals surface area contributed by atoms with Crippen LogP contribution < -0.4 is 5.32 Å². The summed E-state index contributed by atoms with van der Waals surface area (Å²) in [6, 6.07) is 1.80. The molecule has 0 atom stereocenters. The van der Waals surface area contributed by atoms with Gasteiger partial charge >= 0.3 is 0 Å². The summed E-state index contributed by atoms with van der Waals surface area (Å²) in [5, 5.41) is 16.5. The first kappa shape index (κ1) is 12.3. The summed E-state index contributed by atoms with van der Waals surface area (Å²) >= 11 is 0. The molecular formula is C12H17N5O. The number of carbonyl (C=O) groups is 1. The molecule has 0 saturated heterocycles. The second-order valence-electron chi connectivity index (χ2n) is 4.27. The van der Waals surface area contributed by atoms with E-state index < -0.39 is 0 Å². The van der Waals surface area contributed by atoms with E-state index in [1.54, 1.807) is 12.3 Å². The number of rotatable bonds is 5. The van der Waals surface area contributed by atoms with Crippen molar-refractivity contribution in [2.75, 3.05) is 6.54 Å². The third-order valence-electron chi connectivity index (χ3n) is 2.89. The Bertz CT molecular complexity index is 495. The molecule has 2 rings (SSSR count). The number of amides is 1. The minimum atomic E-state index is -0.00180. The zero-order valence-corrected chi connectivity index (χ0v) is 10.6. The average Bonchev–Trinajstić information content (AvgIpc) is 2.93. The van der Waals surface area contributed by atoms with Gasteiger partial charge in [-0.3, -0.25) is 15.0 Å². The van der Waals surface area contributed by atoms with Crippen molar-refractivity contribution in [2.45, 2.75) is 26.7 Å². The van der Waals surface area contributed by atoms with E-state index in [-0.39, 0.29) is 5.91 Å². The van der Waals surface area contributed by atoms with Gasteiger partial charge in [-0.05, 0) is 31.9 Å². The second-order valence-corrected chi connectivity index (χ2v) is 4.27. The first-order valence-corrected chi connectivity index (χ1v) is 5.92. The van der Waals surface area contributed by atoms with Crippen molar-refractivity contribution >= 4 is 5.91 Å². The van der Waals surface area contributed by atoms with Gasteiger partial charge in [-0.15, -0.1) is 0 Å². The number of carbonyl (C=O) groups excluding carboxylic acids is 1. The van der Waals surface area contributed by atoms with Gasteiger partial charge in [-0.1, -0.05) is 0 Å². The molecule has 2 aromatic heterocycles. The van der Waals surface area contributed by atoms with Crippen LogP contribution in [-0.2, 0) is 17.6 Å². The minimum absolute atomic E-state index is 0.00180. The molecule has 2 heterocycles. The Morgan fingerprint density at radius 2 is 2.22 bits per heavy atom. The van der Waals surface area contributed by atoms with Crippen molar-refractivity contribution in [2.24, 2.45) is 0 Å². The number of nitrogens with one attached hydrogen (secondary N) is 3. The van der Waals surface area contributed by atoms with Crippen molar-refractivity contribution in [1.29, 1.82) is 0 Å². The molecule has 96 valence electrons. The van der Waals surface area contributed by atoms with Crippen molar-refractivity contribution in [3.05, 3.63) is 34.9 Å². The summed E-state index contributed by atoms with van der Waals surface area (Å²) in [5.41, 5.74) is 4.06. The molecule has 0 radical (unpaired) electrons. The predicted octanol–water partition coefficient (Wildman–Crippen LogP) is 0.651. The summed E-state index contributed by atoms with van der Waals surface area (Å²) in [4.78, 5) is 11.6. The molecule has 0 unspecified atom stereocenters. The SMILES string of the molecule is Cc1n[nH]c(C)c1CCNC(=O)Cc1ccn[nH]1. The van der Waals surface area contributed by atoms with E-state index in [9.17, 15) is 4.79 Å². The van der Waals surface area contributed by atoms with Gasteiger partial charge in [0.2, 0.25) is 5.91 Å². The monoisotopic (exact) mass is 247 g/mol. The van der Waals surface area contributed by atoms with Crippen LogP contribution >= 0.6 is 0 Å². The second kappa shape index (κ2) is 5.48. The highest BCUT2D eigenvalue weighted by Crippen LogP contribution is 2.09. The highest BCUT2D eigenvalue weighted by atomic mass is 16.1. The van der Waals surface area contributed by atoms with Gasteiger partial charge in [0, 0.05) is 24.1 Å². The van der Waals surface area contributed by atoms with E-state index >= 15 is 0 Å². The molecule has 0 fully saturated rings. The number of H-pyrrole nitrogens is 2. The molecule has 3 N–H and O–H groups in total. The largest absolute Gasteiger partial charge is 0.355 e. The lowest BCUT2D eigenvalue weighted by Crippen LogP contribution is -2.27. The topological polar surface area (TPSA) is 86.5 Å². The quantitative estimate of drug-likeness (QED) is 0.725. The van der Waals surface area contributed by atoms with Crippen LogP contribution in [0.2, 0.25) is 0 Å². The van der Waals surface area contributed by atoms with Gasteiger partial charge in [-0.2, -0.15) is 10.2 Å². The van der Waals surface area contributed by atoms with Gasteiger partial charge in [0.05, 0.1) is 12.1 Å². The van der Waals surface area contributed by atoms with Crippen LogP contribution in [0, 0.1) is 13.8 Å². The summed E-state index contributed by atoms with van der Waals surface area (Å²) in [6.07, 6.45) is 2.77. The van der Waals surface area contributed by atoms with Gasteiger partial charge in [0.15, 0.2) is 0 Å². The fourth-order valence-electron chi connectivity index (χ4n) is 1.89. The molecule has 0 aliphatic rings. The fraction of sp³-hybridized carbons (Fsp3) is 0.417. The lowest BCUT2D eigenvalue weighted by Gasteiger charge is -2.04. The normalized spacial score (nSPS) is 10.6. The van der Waals surface area contributed by atoms with Gasteiger partial charge in [0.25, 0.3) is 0 Å². The number of aryl methyl sites for hydroxylation is 2. The molecule has 2 aromatic rings. The van der Waals surface area contributed by atoms with Crippen LogP contribution in [0.25, 0.3) is 0 Å². The third kappa shape index (κ3) is 2.97. The maximum absolute atomic E-state index is 11.6. The molecule has 0 aliphatic carbocycles. The number of aromatic amines is 2. The van der Waals surface area contributed by atoms with Crippen LogP contribution in [0.1, 0.15) is 22.6 Å². The van der Waals surface area contributed by atoms with Crippen LogP contribution in [-0.4, -0.2) is 32.8 Å². The summed E-state index contributed by atoms with van der Waals surface area (Å²) in [7, 11) is 0. The average molecular weight is 247 g/mol. The molecule has 18 heavy (non-hydrogen) atoms. The van der Waals surface area contributed by atoms with Crippen molar-refractivity contribution in [1.82, 2.24) is 25.7 Å². The maximum atomic E-state index is 11.6. The Kier molecular flexibility index (Phi) is 3.76. The molecule has 0 bridgehead atoms. The van der Waals surface area contributed by atoms with E-state index in [0.29, 0.717) is 13.0 Å². The van der Waals surface area contributed by atoms with Gasteiger partial charge in [-0.25, -0.2) is 0 Å². The van der Waals surface area contributed by atoms with Crippen LogP contribution in [0.15, 0.2) is 12.3 Å². The van der Waals surface area contributed by atoms with Gasteiger partial charge < -0.3 is 5.32 Å². The molecule has 0 spiro atoms. The Hall–Kier alpha value is -2.11. The molecule has 6 heteroatoms. The molecular weight excluding hydrogens is 230 g/mol. The maximum Gasteiger partial charge on any atom is 0.226 e. The lowest BCUT2D eigenvalue weighted by molar-refractivity contribution is -0.120. The van der Waals surface area contributed by atoms with Crippen molar-refractivity contribution in [3.63, 3.8) is 0 Å². The van der Waals surface area contributed by atoms with Crippen LogP contribution in [0.4, 0.5) is 0 Å². The van der Waals surface area contributed by atoms with Crippen LogP contribution in [0.3, 0.4) is 0 Å². The molecule has 0 saturated carbocycles. The van der Waals surface area contributed by atoms with E-state index in [1.165, 1.54) is 5.56 Å². The summed E-state index contributed by atoms with van der Waals surface area (Å²) in [5.74, 6) is -0.00180. The first-order chi connectivity index (χ1) is 8.66.